The molecule has 0 saturated heterocycles. The lowest BCUT2D eigenvalue weighted by atomic mass is 10.0. The van der Waals surface area contributed by atoms with Gasteiger partial charge in [0.25, 0.3) is 11.1 Å². The van der Waals surface area contributed by atoms with E-state index in [2.05, 4.69) is 10.1 Å². The standard InChI is InChI=1S/C26H22F3N5O3.H2/c1-14-6-5-7-15(2)24(14)37-21-13-32(3)22(35)9-17(21)19-12-33(4)25(36)23-18(19)8-20(31-23)16-10-30-34(11-16)26(27,28)29;/h5-13,31H,1-4H3;1H. The lowest BCUT2D eigenvalue weighted by Crippen LogP contribution is -2.18. The molecule has 1 aromatic carbocycles. The molecule has 0 amide bonds. The maximum absolute atomic E-state index is 13.1. The molecule has 0 bridgehead atoms. The van der Waals surface area contributed by atoms with Crippen molar-refractivity contribution in [2.24, 2.45) is 14.1 Å². The fourth-order valence-electron chi connectivity index (χ4n) is 4.27. The number of para-hydroxylation sites is 1. The van der Waals surface area contributed by atoms with Crippen LogP contribution in [0, 0.1) is 13.8 Å². The first-order valence-corrected chi connectivity index (χ1v) is 11.2. The maximum atomic E-state index is 13.1. The van der Waals surface area contributed by atoms with Crippen LogP contribution >= 0.6 is 0 Å². The second-order valence-electron chi connectivity index (χ2n) is 8.90. The van der Waals surface area contributed by atoms with Crippen molar-refractivity contribution < 1.29 is 19.3 Å². The number of ether oxygens (including phenoxy) is 1. The number of benzene rings is 1. The van der Waals surface area contributed by atoms with Gasteiger partial charge >= 0.3 is 6.30 Å². The molecule has 0 aliphatic heterocycles. The van der Waals surface area contributed by atoms with Crippen molar-refractivity contribution in [2.45, 2.75) is 20.1 Å². The summed E-state index contributed by atoms with van der Waals surface area (Å²) in [6.07, 6.45) is 0.378. The summed E-state index contributed by atoms with van der Waals surface area (Å²) >= 11 is 0. The van der Waals surface area contributed by atoms with Gasteiger partial charge < -0.3 is 18.9 Å². The Morgan fingerprint density at radius 3 is 2.32 bits per heavy atom. The Hall–Kier alpha value is -4.54. The molecule has 0 spiro atoms. The van der Waals surface area contributed by atoms with Gasteiger partial charge in [-0.25, -0.2) is 0 Å². The van der Waals surface area contributed by atoms with Gasteiger partial charge in [-0.2, -0.15) is 9.78 Å². The highest BCUT2D eigenvalue weighted by atomic mass is 19.4. The van der Waals surface area contributed by atoms with E-state index in [0.29, 0.717) is 28.0 Å². The smallest absolute Gasteiger partial charge is 0.455 e. The van der Waals surface area contributed by atoms with Crippen molar-refractivity contribution >= 4 is 10.9 Å². The summed E-state index contributed by atoms with van der Waals surface area (Å²) in [6, 6.07) is 8.72. The van der Waals surface area contributed by atoms with Crippen LogP contribution in [0.3, 0.4) is 0 Å². The number of hydrogen-bond donors (Lipinski definition) is 1. The van der Waals surface area contributed by atoms with Crippen molar-refractivity contribution in [3.05, 3.63) is 87.0 Å². The third-order valence-corrected chi connectivity index (χ3v) is 6.22. The second kappa shape index (κ2) is 8.54. The number of aryl methyl sites for hydroxylation is 4. The summed E-state index contributed by atoms with van der Waals surface area (Å²) in [5.74, 6) is 1.02. The fraction of sp³-hybridized carbons (Fsp3) is 0.192. The zero-order chi connectivity index (χ0) is 26.6. The van der Waals surface area contributed by atoms with Crippen LogP contribution in [0.4, 0.5) is 13.2 Å². The molecule has 0 unspecified atom stereocenters. The number of aromatic amines is 1. The van der Waals surface area contributed by atoms with E-state index in [9.17, 15) is 22.8 Å². The molecule has 0 radical (unpaired) electrons. The van der Waals surface area contributed by atoms with Crippen molar-refractivity contribution in [1.29, 1.82) is 0 Å². The highest BCUT2D eigenvalue weighted by molar-refractivity contribution is 5.98. The SMILES string of the molecule is Cc1cccc(C)c1Oc1cn(C)c(=O)cc1-c1cn(C)c(=O)c2[nH]c(-c3cnn(C(F)(F)F)c3)cc12.[HH]. The van der Waals surface area contributed by atoms with E-state index in [4.69, 9.17) is 4.74 Å². The summed E-state index contributed by atoms with van der Waals surface area (Å²) in [7, 11) is 3.16. The van der Waals surface area contributed by atoms with Crippen LogP contribution in [0.15, 0.2) is 64.7 Å². The Labute approximate surface area is 209 Å². The van der Waals surface area contributed by atoms with Crippen molar-refractivity contribution in [1.82, 2.24) is 23.9 Å². The van der Waals surface area contributed by atoms with Crippen molar-refractivity contribution in [3.8, 4) is 33.9 Å². The number of pyridine rings is 2. The van der Waals surface area contributed by atoms with Gasteiger partial charge in [0.15, 0.2) is 5.75 Å². The molecule has 0 saturated carbocycles. The van der Waals surface area contributed by atoms with Crippen LogP contribution in [0.2, 0.25) is 0 Å². The molecule has 1 N–H and O–H groups in total. The van der Waals surface area contributed by atoms with Gasteiger partial charge in [-0.05, 0) is 31.0 Å². The molecular formula is C26H24F3N5O3. The number of halogens is 3. The van der Waals surface area contributed by atoms with E-state index < -0.39 is 6.30 Å². The van der Waals surface area contributed by atoms with Crippen LogP contribution in [-0.4, -0.2) is 23.9 Å². The average Bonchev–Trinajstić information content (AvgIpc) is 3.49. The van der Waals surface area contributed by atoms with Crippen molar-refractivity contribution in [2.75, 3.05) is 0 Å². The summed E-state index contributed by atoms with van der Waals surface area (Å²) < 4.78 is 48.1. The molecule has 0 atom stereocenters. The third-order valence-electron chi connectivity index (χ3n) is 6.22. The number of fused-ring (bicyclic) bond motifs is 1. The predicted octanol–water partition coefficient (Wildman–Crippen LogP) is 5.23. The molecule has 0 fully saturated rings. The number of H-pyrrole nitrogens is 1. The number of aromatic nitrogens is 5. The Morgan fingerprint density at radius 1 is 0.973 bits per heavy atom. The average molecular weight is 512 g/mol. The monoisotopic (exact) mass is 511 g/mol. The van der Waals surface area contributed by atoms with E-state index >= 15 is 0 Å². The quantitative estimate of drug-likeness (QED) is 0.358. The molecule has 192 valence electrons. The van der Waals surface area contributed by atoms with Gasteiger partial charge in [0.1, 0.15) is 11.3 Å². The van der Waals surface area contributed by atoms with Gasteiger partial charge in [-0.1, -0.05) is 18.2 Å². The highest BCUT2D eigenvalue weighted by Gasteiger charge is 2.32. The van der Waals surface area contributed by atoms with Crippen LogP contribution < -0.4 is 15.9 Å². The Morgan fingerprint density at radius 2 is 1.68 bits per heavy atom. The zero-order valence-corrected chi connectivity index (χ0v) is 20.3. The van der Waals surface area contributed by atoms with Crippen LogP contribution in [0.5, 0.6) is 11.5 Å². The molecule has 5 aromatic rings. The lowest BCUT2D eigenvalue weighted by Gasteiger charge is -2.17. The van der Waals surface area contributed by atoms with Gasteiger partial charge in [-0.3, -0.25) is 9.59 Å². The number of nitrogens with zero attached hydrogens (tertiary/aromatic N) is 4. The van der Waals surface area contributed by atoms with Crippen LogP contribution in [-0.2, 0) is 20.4 Å². The van der Waals surface area contributed by atoms with Crippen molar-refractivity contribution in [3.63, 3.8) is 0 Å². The zero-order valence-electron chi connectivity index (χ0n) is 20.3. The van der Waals surface area contributed by atoms with Gasteiger partial charge in [0.2, 0.25) is 0 Å². The summed E-state index contributed by atoms with van der Waals surface area (Å²) in [4.78, 5) is 28.5. The number of nitrogens with one attached hydrogen (secondary N) is 1. The summed E-state index contributed by atoms with van der Waals surface area (Å²) in [5, 5.41) is 3.81. The molecule has 4 aromatic heterocycles. The minimum absolute atomic E-state index is 0. The van der Waals surface area contributed by atoms with E-state index in [-0.39, 0.29) is 34.0 Å². The van der Waals surface area contributed by atoms with Gasteiger partial charge in [0.05, 0.1) is 12.4 Å². The van der Waals surface area contributed by atoms with E-state index in [0.717, 1.165) is 23.5 Å². The first kappa shape index (κ1) is 24.2. The third kappa shape index (κ3) is 4.22. The van der Waals surface area contributed by atoms with E-state index in [1.807, 2.05) is 32.0 Å². The van der Waals surface area contributed by atoms with Gasteiger partial charge in [0, 0.05) is 61.8 Å². The Bertz CT molecular complexity index is 1780. The van der Waals surface area contributed by atoms with Crippen LogP contribution in [0.25, 0.3) is 33.3 Å². The number of alkyl halides is 3. The summed E-state index contributed by atoms with van der Waals surface area (Å²) in [6.45, 7) is 3.82. The topological polar surface area (TPSA) is 86.8 Å². The molecule has 4 heterocycles. The summed E-state index contributed by atoms with van der Waals surface area (Å²) in [5.41, 5.74) is 2.65. The largest absolute Gasteiger partial charge is 0.504 e. The molecular weight excluding hydrogens is 487 g/mol. The minimum atomic E-state index is -4.67. The number of rotatable bonds is 4. The van der Waals surface area contributed by atoms with Gasteiger partial charge in [-0.15, -0.1) is 13.2 Å². The van der Waals surface area contributed by atoms with E-state index in [1.54, 1.807) is 32.6 Å². The fourth-order valence-corrected chi connectivity index (χ4v) is 4.27. The lowest BCUT2D eigenvalue weighted by molar-refractivity contribution is -0.212. The maximum Gasteiger partial charge on any atom is 0.504 e. The first-order chi connectivity index (χ1) is 17.4. The molecule has 0 aliphatic carbocycles. The first-order valence-electron chi connectivity index (χ1n) is 11.2. The predicted molar refractivity (Wildman–Crippen MR) is 135 cm³/mol. The van der Waals surface area contributed by atoms with Crippen LogP contribution in [0.1, 0.15) is 12.6 Å². The Balaban J connectivity index is 0.00000336. The molecule has 0 aliphatic rings. The molecule has 8 nitrogen and oxygen atoms in total. The van der Waals surface area contributed by atoms with E-state index in [1.165, 1.54) is 15.2 Å². The highest BCUT2D eigenvalue weighted by Crippen LogP contribution is 2.38. The molecule has 11 heteroatoms. The normalized spacial score (nSPS) is 11.9. The molecule has 37 heavy (non-hydrogen) atoms. The second-order valence-corrected chi connectivity index (χ2v) is 8.90. The minimum Gasteiger partial charge on any atom is -0.455 e. The Kier molecular flexibility index (Phi) is 5.58. The number of hydrogen-bond acceptors (Lipinski definition) is 4. The molecule has 5 rings (SSSR count).